The van der Waals surface area contributed by atoms with E-state index in [9.17, 15) is 5.11 Å². The van der Waals surface area contributed by atoms with Crippen LogP contribution in [0, 0.1) is 12.8 Å². The van der Waals surface area contributed by atoms with Crippen LogP contribution < -0.4 is 5.32 Å². The van der Waals surface area contributed by atoms with E-state index in [1.54, 1.807) is 4.68 Å². The fourth-order valence-corrected chi connectivity index (χ4v) is 2.11. The Labute approximate surface area is 101 Å². The molecule has 0 radical (unpaired) electrons. The Balaban J connectivity index is 1.84. The summed E-state index contributed by atoms with van der Waals surface area (Å²) >= 11 is 6.10. The first-order chi connectivity index (χ1) is 7.59. The minimum Gasteiger partial charge on any atom is -0.392 e. The van der Waals surface area contributed by atoms with Crippen molar-refractivity contribution in [2.75, 3.05) is 6.54 Å². The SMILES string of the molecule is Cc1nn(C)c(Cl)c1CNCC(O)C1CC1. The molecule has 1 aliphatic carbocycles. The van der Waals surface area contributed by atoms with Gasteiger partial charge in [0.2, 0.25) is 0 Å². The molecule has 0 aromatic carbocycles. The molecule has 0 saturated heterocycles. The van der Waals surface area contributed by atoms with Crippen LogP contribution >= 0.6 is 11.6 Å². The third-order valence-electron chi connectivity index (χ3n) is 3.09. The summed E-state index contributed by atoms with van der Waals surface area (Å²) < 4.78 is 1.67. The third kappa shape index (κ3) is 2.56. The molecule has 1 aromatic heterocycles. The summed E-state index contributed by atoms with van der Waals surface area (Å²) in [4.78, 5) is 0. The van der Waals surface area contributed by atoms with E-state index in [-0.39, 0.29) is 6.10 Å². The van der Waals surface area contributed by atoms with E-state index in [0.717, 1.165) is 24.1 Å². The minimum atomic E-state index is -0.212. The molecular formula is C11H18ClN3O. The van der Waals surface area contributed by atoms with Gasteiger partial charge in [-0.1, -0.05) is 11.6 Å². The Morgan fingerprint density at radius 2 is 2.31 bits per heavy atom. The van der Waals surface area contributed by atoms with Gasteiger partial charge in [-0.3, -0.25) is 4.68 Å². The van der Waals surface area contributed by atoms with E-state index in [4.69, 9.17) is 11.6 Å². The van der Waals surface area contributed by atoms with Crippen molar-refractivity contribution >= 4 is 11.6 Å². The fraction of sp³-hybridized carbons (Fsp3) is 0.727. The molecule has 4 nitrogen and oxygen atoms in total. The normalized spacial score (nSPS) is 17.8. The molecule has 1 unspecified atom stereocenters. The quantitative estimate of drug-likeness (QED) is 0.818. The highest BCUT2D eigenvalue weighted by Crippen LogP contribution is 2.32. The van der Waals surface area contributed by atoms with Gasteiger partial charge >= 0.3 is 0 Å². The molecule has 1 aliphatic rings. The lowest BCUT2D eigenvalue weighted by atomic mass is 10.2. The summed E-state index contributed by atoms with van der Waals surface area (Å²) in [5, 5.41) is 17.8. The lowest BCUT2D eigenvalue weighted by Gasteiger charge is -2.10. The van der Waals surface area contributed by atoms with Gasteiger partial charge in [-0.25, -0.2) is 0 Å². The van der Waals surface area contributed by atoms with E-state index in [0.29, 0.717) is 24.2 Å². The Morgan fingerprint density at radius 1 is 1.62 bits per heavy atom. The highest BCUT2D eigenvalue weighted by atomic mass is 35.5. The van der Waals surface area contributed by atoms with Crippen LogP contribution in [-0.2, 0) is 13.6 Å². The predicted molar refractivity (Wildman–Crippen MR) is 63.4 cm³/mol. The fourth-order valence-electron chi connectivity index (χ4n) is 1.87. The van der Waals surface area contributed by atoms with Crippen molar-refractivity contribution < 1.29 is 5.11 Å². The summed E-state index contributed by atoms with van der Waals surface area (Å²) in [5.74, 6) is 0.512. The Kier molecular flexibility index (Phi) is 3.52. The van der Waals surface area contributed by atoms with Crippen LogP contribution in [0.4, 0.5) is 0 Å². The van der Waals surface area contributed by atoms with E-state index in [1.165, 1.54) is 0 Å². The molecule has 2 rings (SSSR count). The summed E-state index contributed by atoms with van der Waals surface area (Å²) in [6, 6.07) is 0. The van der Waals surface area contributed by atoms with Gasteiger partial charge in [0, 0.05) is 25.7 Å². The molecule has 0 aliphatic heterocycles. The predicted octanol–water partition coefficient (Wildman–Crippen LogP) is 1.24. The van der Waals surface area contributed by atoms with Gasteiger partial charge in [0.1, 0.15) is 5.15 Å². The molecule has 0 bridgehead atoms. The van der Waals surface area contributed by atoms with E-state index >= 15 is 0 Å². The van der Waals surface area contributed by atoms with Crippen molar-refractivity contribution in [2.24, 2.45) is 13.0 Å². The Bertz CT molecular complexity index is 374. The van der Waals surface area contributed by atoms with Crippen molar-refractivity contribution in [1.82, 2.24) is 15.1 Å². The molecule has 0 spiro atoms. The van der Waals surface area contributed by atoms with Gasteiger partial charge in [-0.2, -0.15) is 5.10 Å². The van der Waals surface area contributed by atoms with Crippen molar-refractivity contribution in [3.05, 3.63) is 16.4 Å². The first-order valence-electron chi connectivity index (χ1n) is 5.66. The standard InChI is InChI=1S/C11H18ClN3O/c1-7-9(11(12)15(2)14-7)5-13-6-10(16)8-3-4-8/h8,10,13,16H,3-6H2,1-2H3. The molecule has 1 saturated carbocycles. The number of aryl methyl sites for hydroxylation is 2. The van der Waals surface area contributed by atoms with Crippen molar-refractivity contribution in [1.29, 1.82) is 0 Å². The second-order valence-electron chi connectivity index (χ2n) is 4.51. The van der Waals surface area contributed by atoms with Crippen LogP contribution in [0.15, 0.2) is 0 Å². The molecule has 1 fully saturated rings. The highest BCUT2D eigenvalue weighted by molar-refractivity contribution is 6.30. The van der Waals surface area contributed by atoms with E-state index < -0.39 is 0 Å². The van der Waals surface area contributed by atoms with Crippen LogP contribution in [-0.4, -0.2) is 27.5 Å². The lowest BCUT2D eigenvalue weighted by Crippen LogP contribution is -2.28. The number of aromatic nitrogens is 2. The molecule has 2 N–H and O–H groups in total. The zero-order valence-electron chi connectivity index (χ0n) is 9.70. The van der Waals surface area contributed by atoms with Crippen molar-refractivity contribution in [3.8, 4) is 0 Å². The number of aliphatic hydroxyl groups is 1. The maximum absolute atomic E-state index is 9.69. The van der Waals surface area contributed by atoms with Gasteiger partial charge < -0.3 is 10.4 Å². The van der Waals surface area contributed by atoms with Gasteiger partial charge in [-0.15, -0.1) is 0 Å². The number of rotatable bonds is 5. The third-order valence-corrected chi connectivity index (χ3v) is 3.56. The summed E-state index contributed by atoms with van der Waals surface area (Å²) in [6.45, 7) is 3.25. The number of hydrogen-bond acceptors (Lipinski definition) is 3. The second-order valence-corrected chi connectivity index (χ2v) is 4.87. The van der Waals surface area contributed by atoms with Gasteiger partial charge in [0.15, 0.2) is 0 Å². The number of nitrogens with one attached hydrogen (secondary N) is 1. The molecule has 1 atom stereocenters. The minimum absolute atomic E-state index is 0.212. The topological polar surface area (TPSA) is 50.1 Å². The van der Waals surface area contributed by atoms with Gasteiger partial charge in [0.05, 0.1) is 11.8 Å². The molecule has 5 heteroatoms. The molecule has 1 aromatic rings. The maximum Gasteiger partial charge on any atom is 0.131 e. The maximum atomic E-state index is 9.69. The van der Waals surface area contributed by atoms with E-state index in [1.807, 2.05) is 14.0 Å². The number of halogens is 1. The summed E-state index contributed by atoms with van der Waals surface area (Å²) in [6.07, 6.45) is 2.11. The molecule has 16 heavy (non-hydrogen) atoms. The first kappa shape index (κ1) is 11.9. The summed E-state index contributed by atoms with van der Waals surface area (Å²) in [5.41, 5.74) is 1.97. The van der Waals surface area contributed by atoms with Crippen LogP contribution in [0.2, 0.25) is 5.15 Å². The van der Waals surface area contributed by atoms with Gasteiger partial charge in [-0.05, 0) is 25.7 Å². The average molecular weight is 244 g/mol. The largest absolute Gasteiger partial charge is 0.392 e. The van der Waals surface area contributed by atoms with Gasteiger partial charge in [0.25, 0.3) is 0 Å². The van der Waals surface area contributed by atoms with Crippen LogP contribution in [0.25, 0.3) is 0 Å². The van der Waals surface area contributed by atoms with Crippen LogP contribution in [0.1, 0.15) is 24.1 Å². The van der Waals surface area contributed by atoms with Crippen molar-refractivity contribution in [2.45, 2.75) is 32.4 Å². The number of aliphatic hydroxyl groups excluding tert-OH is 1. The van der Waals surface area contributed by atoms with E-state index in [2.05, 4.69) is 10.4 Å². The Morgan fingerprint density at radius 3 is 2.81 bits per heavy atom. The Hall–Kier alpha value is -0.580. The van der Waals surface area contributed by atoms with Crippen LogP contribution in [0.3, 0.4) is 0 Å². The molecule has 0 amide bonds. The van der Waals surface area contributed by atoms with Crippen LogP contribution in [0.5, 0.6) is 0 Å². The zero-order valence-corrected chi connectivity index (χ0v) is 10.5. The molecular weight excluding hydrogens is 226 g/mol. The monoisotopic (exact) mass is 243 g/mol. The van der Waals surface area contributed by atoms with Crippen molar-refractivity contribution in [3.63, 3.8) is 0 Å². The molecule has 90 valence electrons. The summed E-state index contributed by atoms with van der Waals surface area (Å²) in [7, 11) is 1.83. The highest BCUT2D eigenvalue weighted by Gasteiger charge is 2.29. The first-order valence-corrected chi connectivity index (χ1v) is 6.04. The average Bonchev–Trinajstić information content (AvgIpc) is 3.02. The number of nitrogens with zero attached hydrogens (tertiary/aromatic N) is 2. The smallest absolute Gasteiger partial charge is 0.131 e. The second kappa shape index (κ2) is 4.73. The zero-order chi connectivity index (χ0) is 11.7. The molecule has 1 heterocycles. The lowest BCUT2D eigenvalue weighted by molar-refractivity contribution is 0.148. The number of hydrogen-bond donors (Lipinski definition) is 2.